The Hall–Kier alpha value is -2.57. The highest BCUT2D eigenvalue weighted by Gasteiger charge is 2.23. The Kier molecular flexibility index (Phi) is 6.25. The summed E-state index contributed by atoms with van der Waals surface area (Å²) in [5, 5.41) is 4.12. The van der Waals surface area contributed by atoms with Crippen LogP contribution in [-0.2, 0) is 0 Å². The molecule has 4 rings (SSSR count). The number of benzene rings is 2. The van der Waals surface area contributed by atoms with Crippen molar-refractivity contribution in [2.75, 3.05) is 25.5 Å². The molecule has 0 bridgehead atoms. The Balaban J connectivity index is 1.60. The normalized spacial score (nSPS) is 14.4. The van der Waals surface area contributed by atoms with Crippen molar-refractivity contribution in [2.24, 2.45) is 0 Å². The summed E-state index contributed by atoms with van der Waals surface area (Å²) in [6.07, 6.45) is 4.33. The fraction of sp³-hybridized carbons (Fsp3) is 0.304. The van der Waals surface area contributed by atoms with Gasteiger partial charge in [-0.15, -0.1) is 11.3 Å². The highest BCUT2D eigenvalue weighted by Crippen LogP contribution is 2.37. The number of ether oxygens (including phenoxy) is 1. The number of hydrogen-bond donors (Lipinski definition) is 1. The molecular formula is C23H23ClN2O3S. The van der Waals surface area contributed by atoms with Gasteiger partial charge in [0.1, 0.15) is 10.6 Å². The molecule has 1 aliphatic heterocycles. The molecule has 1 N–H and O–H groups in total. The van der Waals surface area contributed by atoms with E-state index in [0.717, 1.165) is 48.9 Å². The fourth-order valence-electron chi connectivity index (χ4n) is 3.72. The van der Waals surface area contributed by atoms with Crippen LogP contribution in [0.4, 0.5) is 5.69 Å². The molecule has 1 fully saturated rings. The fourth-order valence-corrected chi connectivity index (χ4v) is 5.16. The number of anilines is 1. The van der Waals surface area contributed by atoms with E-state index in [1.165, 1.54) is 11.3 Å². The van der Waals surface area contributed by atoms with Gasteiger partial charge in [0.05, 0.1) is 23.4 Å². The molecule has 2 heterocycles. The highest BCUT2D eigenvalue weighted by atomic mass is 35.5. The number of likely N-dealkylation sites (tertiary alicyclic amines) is 1. The van der Waals surface area contributed by atoms with Crippen LogP contribution < -0.4 is 10.1 Å². The van der Waals surface area contributed by atoms with E-state index in [4.69, 9.17) is 16.3 Å². The molecule has 1 saturated heterocycles. The van der Waals surface area contributed by atoms with E-state index in [9.17, 15) is 9.59 Å². The van der Waals surface area contributed by atoms with E-state index in [1.54, 1.807) is 19.2 Å². The number of fused-ring (bicyclic) bond motifs is 1. The molecule has 1 aromatic heterocycles. The first-order valence-corrected chi connectivity index (χ1v) is 11.2. The van der Waals surface area contributed by atoms with Crippen molar-refractivity contribution in [3.05, 3.63) is 57.9 Å². The van der Waals surface area contributed by atoms with E-state index in [1.807, 2.05) is 35.2 Å². The van der Waals surface area contributed by atoms with Crippen molar-refractivity contribution in [2.45, 2.75) is 25.7 Å². The monoisotopic (exact) mass is 442 g/mol. The van der Waals surface area contributed by atoms with Crippen LogP contribution in [0.1, 0.15) is 45.7 Å². The van der Waals surface area contributed by atoms with Crippen molar-refractivity contribution in [1.82, 2.24) is 4.90 Å². The second-order valence-corrected chi connectivity index (χ2v) is 8.74. The molecule has 30 heavy (non-hydrogen) atoms. The Bertz CT molecular complexity index is 1090. The van der Waals surface area contributed by atoms with Crippen LogP contribution in [0.3, 0.4) is 0 Å². The summed E-state index contributed by atoms with van der Waals surface area (Å²) >= 11 is 7.80. The summed E-state index contributed by atoms with van der Waals surface area (Å²) < 4.78 is 6.13. The number of nitrogens with zero attached hydrogens (tertiary/aromatic N) is 1. The number of carbonyl (C=O) groups excluding carboxylic acids is 2. The average Bonchev–Trinajstić information content (AvgIpc) is 2.93. The van der Waals surface area contributed by atoms with E-state index < -0.39 is 0 Å². The lowest BCUT2D eigenvalue weighted by molar-refractivity contribution is 0.0762. The summed E-state index contributed by atoms with van der Waals surface area (Å²) in [4.78, 5) is 28.4. The third kappa shape index (κ3) is 4.16. The average molecular weight is 443 g/mol. The van der Waals surface area contributed by atoms with Gasteiger partial charge in [-0.25, -0.2) is 0 Å². The molecule has 1 aliphatic rings. The van der Waals surface area contributed by atoms with Crippen molar-refractivity contribution in [3.8, 4) is 5.75 Å². The summed E-state index contributed by atoms with van der Waals surface area (Å²) in [6, 6.07) is 12.7. The van der Waals surface area contributed by atoms with Gasteiger partial charge in [0.2, 0.25) is 0 Å². The summed E-state index contributed by atoms with van der Waals surface area (Å²) in [7, 11) is 1.60. The van der Waals surface area contributed by atoms with Gasteiger partial charge in [0.25, 0.3) is 11.8 Å². The van der Waals surface area contributed by atoms with Gasteiger partial charge in [-0.05, 0) is 43.2 Å². The number of carbonyl (C=O) groups is 2. The third-order valence-corrected chi connectivity index (χ3v) is 7.00. The molecular weight excluding hydrogens is 420 g/mol. The highest BCUT2D eigenvalue weighted by molar-refractivity contribution is 7.21. The van der Waals surface area contributed by atoms with Gasteiger partial charge in [-0.2, -0.15) is 0 Å². The quantitative estimate of drug-likeness (QED) is 0.552. The zero-order chi connectivity index (χ0) is 21.1. The van der Waals surface area contributed by atoms with Crippen molar-refractivity contribution < 1.29 is 14.3 Å². The van der Waals surface area contributed by atoms with E-state index in [0.29, 0.717) is 26.9 Å². The van der Waals surface area contributed by atoms with Gasteiger partial charge in [0.15, 0.2) is 0 Å². The molecule has 2 aromatic carbocycles. The van der Waals surface area contributed by atoms with Crippen molar-refractivity contribution >= 4 is 50.5 Å². The molecule has 7 heteroatoms. The van der Waals surface area contributed by atoms with Crippen molar-refractivity contribution in [3.63, 3.8) is 0 Å². The van der Waals surface area contributed by atoms with Crippen LogP contribution in [-0.4, -0.2) is 36.9 Å². The maximum atomic E-state index is 13.1. The van der Waals surface area contributed by atoms with Crippen LogP contribution in [0.5, 0.6) is 5.75 Å². The molecule has 156 valence electrons. The number of halogens is 1. The van der Waals surface area contributed by atoms with E-state index in [-0.39, 0.29) is 11.8 Å². The van der Waals surface area contributed by atoms with Gasteiger partial charge < -0.3 is 15.0 Å². The summed E-state index contributed by atoms with van der Waals surface area (Å²) in [6.45, 7) is 1.51. The molecule has 3 aromatic rings. The molecule has 0 saturated carbocycles. The van der Waals surface area contributed by atoms with Gasteiger partial charge in [-0.3, -0.25) is 9.59 Å². The molecule has 0 atom stereocenters. The van der Waals surface area contributed by atoms with Crippen LogP contribution >= 0.6 is 22.9 Å². The first-order chi connectivity index (χ1) is 14.6. The zero-order valence-electron chi connectivity index (χ0n) is 16.7. The number of methoxy groups -OCH3 is 1. The number of amides is 2. The number of nitrogens with one attached hydrogen (secondary N) is 1. The Labute approximate surface area is 184 Å². The SMILES string of the molecule is COc1ccc2c(Cl)c(C(=O)Nc3ccccc3C(=O)N3CCCCCC3)sc2c1. The Morgan fingerprint density at radius 2 is 1.80 bits per heavy atom. The minimum atomic E-state index is -0.323. The maximum Gasteiger partial charge on any atom is 0.267 e. The number of thiophene rings is 1. The van der Waals surface area contributed by atoms with Gasteiger partial charge in [0, 0.05) is 23.2 Å². The molecule has 0 radical (unpaired) electrons. The van der Waals surface area contributed by atoms with Crippen LogP contribution in [0.25, 0.3) is 10.1 Å². The van der Waals surface area contributed by atoms with E-state index >= 15 is 0 Å². The van der Waals surface area contributed by atoms with Crippen LogP contribution in [0.15, 0.2) is 42.5 Å². The van der Waals surface area contributed by atoms with Crippen LogP contribution in [0, 0.1) is 0 Å². The lowest BCUT2D eigenvalue weighted by atomic mass is 10.1. The molecule has 5 nitrogen and oxygen atoms in total. The lowest BCUT2D eigenvalue weighted by Gasteiger charge is -2.22. The topological polar surface area (TPSA) is 58.6 Å². The standard InChI is InChI=1S/C23H23ClN2O3S/c1-29-15-10-11-17-19(14-15)30-21(20(17)24)22(27)25-18-9-5-4-8-16(18)23(28)26-12-6-2-3-7-13-26/h4-5,8-11,14H,2-3,6-7,12-13H2,1H3,(H,25,27). The van der Waals surface area contributed by atoms with Gasteiger partial charge in [-0.1, -0.05) is 36.6 Å². The Morgan fingerprint density at radius 1 is 1.07 bits per heavy atom. The van der Waals surface area contributed by atoms with Gasteiger partial charge >= 0.3 is 0 Å². The minimum Gasteiger partial charge on any atom is -0.497 e. The maximum absolute atomic E-state index is 13.1. The molecule has 0 spiro atoms. The predicted octanol–water partition coefficient (Wildman–Crippen LogP) is 5.83. The first kappa shape index (κ1) is 20.7. The minimum absolute atomic E-state index is 0.0417. The van der Waals surface area contributed by atoms with Crippen molar-refractivity contribution in [1.29, 1.82) is 0 Å². The molecule has 2 amide bonds. The largest absolute Gasteiger partial charge is 0.497 e. The number of rotatable bonds is 4. The Morgan fingerprint density at radius 3 is 2.53 bits per heavy atom. The third-order valence-electron chi connectivity index (χ3n) is 5.34. The number of hydrogen-bond acceptors (Lipinski definition) is 4. The lowest BCUT2D eigenvalue weighted by Crippen LogP contribution is -2.32. The molecule has 0 aliphatic carbocycles. The zero-order valence-corrected chi connectivity index (χ0v) is 18.3. The first-order valence-electron chi connectivity index (χ1n) is 10.0. The second-order valence-electron chi connectivity index (χ2n) is 7.31. The summed E-state index contributed by atoms with van der Waals surface area (Å²) in [5.41, 5.74) is 1.01. The van der Waals surface area contributed by atoms with E-state index in [2.05, 4.69) is 5.32 Å². The predicted molar refractivity (Wildman–Crippen MR) is 122 cm³/mol. The smallest absolute Gasteiger partial charge is 0.267 e. The van der Waals surface area contributed by atoms with Crippen LogP contribution in [0.2, 0.25) is 5.02 Å². The second kappa shape index (κ2) is 9.06. The molecule has 0 unspecified atom stereocenters. The number of para-hydroxylation sites is 1. The summed E-state index contributed by atoms with van der Waals surface area (Å²) in [5.74, 6) is 0.344.